The summed E-state index contributed by atoms with van der Waals surface area (Å²) in [7, 11) is 1.37. The Balaban J connectivity index is 2.16. The van der Waals surface area contributed by atoms with E-state index in [1.54, 1.807) is 0 Å². The van der Waals surface area contributed by atoms with Gasteiger partial charge in [-0.15, -0.1) is 5.10 Å². The lowest BCUT2D eigenvalue weighted by Crippen LogP contribution is -2.21. The van der Waals surface area contributed by atoms with Crippen molar-refractivity contribution in [3.63, 3.8) is 0 Å². The third kappa shape index (κ3) is 2.73. The zero-order valence-corrected chi connectivity index (χ0v) is 10.8. The summed E-state index contributed by atoms with van der Waals surface area (Å²) in [6.07, 6.45) is 0. The van der Waals surface area contributed by atoms with Gasteiger partial charge in [0.15, 0.2) is 0 Å². The summed E-state index contributed by atoms with van der Waals surface area (Å²) in [4.78, 5) is 15.7. The van der Waals surface area contributed by atoms with E-state index in [0.29, 0.717) is 0 Å². The van der Waals surface area contributed by atoms with E-state index in [0.717, 1.165) is 12.1 Å². The number of H-pyrrole nitrogens is 1. The monoisotopic (exact) mass is 282 g/mol. The number of hydrogen-bond acceptors (Lipinski definition) is 4. The minimum Gasteiger partial charge on any atom is -0.466 e. The molecule has 2 rings (SSSR count). The second kappa shape index (κ2) is 5.64. The molecule has 0 bridgehead atoms. The second-order valence-electron chi connectivity index (χ2n) is 4.02. The molecular weight excluding hydrogens is 270 g/mol. The maximum Gasteiger partial charge on any atom is 0.336 e. The number of carbonyl (C=O) groups excluding carboxylic acids is 1. The molecule has 0 spiro atoms. The number of amides is 1. The van der Waals surface area contributed by atoms with Gasteiger partial charge >= 0.3 is 6.01 Å². The fourth-order valence-electron chi connectivity index (χ4n) is 1.67. The average molecular weight is 282 g/mol. The Hall–Kier alpha value is -2.51. The Morgan fingerprint density at radius 2 is 2.05 bits per heavy atom. The normalized spacial score (nSPS) is 12.0. The van der Waals surface area contributed by atoms with E-state index >= 15 is 0 Å². The Bertz CT molecular complexity index is 609. The predicted molar refractivity (Wildman–Crippen MR) is 66.3 cm³/mol. The SMILES string of the molecule is COc1n[nH]c(NC(=O)[C@@H](C)c2c(F)cccc2F)n1. The van der Waals surface area contributed by atoms with Crippen LogP contribution >= 0.6 is 0 Å². The lowest BCUT2D eigenvalue weighted by atomic mass is 9.99. The number of rotatable bonds is 4. The predicted octanol–water partition coefficient (Wildman–Crippen LogP) is 1.83. The van der Waals surface area contributed by atoms with Crippen molar-refractivity contribution in [2.75, 3.05) is 12.4 Å². The number of aromatic nitrogens is 3. The van der Waals surface area contributed by atoms with E-state index in [2.05, 4.69) is 20.5 Å². The molecule has 2 aromatic rings. The minimum atomic E-state index is -1.02. The molecule has 106 valence electrons. The second-order valence-corrected chi connectivity index (χ2v) is 4.02. The van der Waals surface area contributed by atoms with Gasteiger partial charge in [-0.2, -0.15) is 4.98 Å². The van der Waals surface area contributed by atoms with Gasteiger partial charge in [0.25, 0.3) is 0 Å². The number of benzene rings is 1. The first kappa shape index (κ1) is 13.9. The van der Waals surface area contributed by atoms with Crippen LogP contribution in [0.25, 0.3) is 0 Å². The van der Waals surface area contributed by atoms with E-state index in [9.17, 15) is 13.6 Å². The lowest BCUT2D eigenvalue weighted by molar-refractivity contribution is -0.117. The fourth-order valence-corrected chi connectivity index (χ4v) is 1.67. The molecule has 1 heterocycles. The van der Waals surface area contributed by atoms with Gasteiger partial charge < -0.3 is 4.74 Å². The number of hydrogen-bond donors (Lipinski definition) is 2. The van der Waals surface area contributed by atoms with Crippen LogP contribution in [-0.4, -0.2) is 28.2 Å². The van der Waals surface area contributed by atoms with Crippen LogP contribution in [0.4, 0.5) is 14.7 Å². The largest absolute Gasteiger partial charge is 0.466 e. The van der Waals surface area contributed by atoms with Gasteiger partial charge in [0.2, 0.25) is 11.9 Å². The van der Waals surface area contributed by atoms with Crippen LogP contribution in [0.15, 0.2) is 18.2 Å². The molecule has 8 heteroatoms. The molecule has 1 aromatic heterocycles. The molecule has 20 heavy (non-hydrogen) atoms. The van der Waals surface area contributed by atoms with E-state index in [4.69, 9.17) is 4.74 Å². The third-order valence-corrected chi connectivity index (χ3v) is 2.72. The van der Waals surface area contributed by atoms with Gasteiger partial charge in [0, 0.05) is 5.56 Å². The van der Waals surface area contributed by atoms with Gasteiger partial charge in [-0.25, -0.2) is 13.9 Å². The standard InChI is InChI=1S/C12H12F2N4O2/c1-6(9-7(13)4-3-5-8(9)14)10(19)15-11-16-12(20-2)18-17-11/h3-6H,1-2H3,(H2,15,16,17,18,19)/t6-/m0/s1. The Morgan fingerprint density at radius 1 is 1.40 bits per heavy atom. The highest BCUT2D eigenvalue weighted by Crippen LogP contribution is 2.23. The van der Waals surface area contributed by atoms with Crippen LogP contribution in [0.2, 0.25) is 0 Å². The van der Waals surface area contributed by atoms with Gasteiger partial charge in [0.05, 0.1) is 13.0 Å². The van der Waals surface area contributed by atoms with Gasteiger partial charge in [-0.3, -0.25) is 10.1 Å². The summed E-state index contributed by atoms with van der Waals surface area (Å²) < 4.78 is 31.9. The quantitative estimate of drug-likeness (QED) is 0.896. The van der Waals surface area contributed by atoms with Crippen molar-refractivity contribution >= 4 is 11.9 Å². The summed E-state index contributed by atoms with van der Waals surface area (Å²) in [6.45, 7) is 1.39. The maximum atomic E-state index is 13.6. The average Bonchev–Trinajstić information content (AvgIpc) is 2.86. The summed E-state index contributed by atoms with van der Waals surface area (Å²) >= 11 is 0. The molecule has 0 radical (unpaired) electrons. The van der Waals surface area contributed by atoms with E-state index in [1.807, 2.05) is 0 Å². The van der Waals surface area contributed by atoms with Gasteiger partial charge in [0.1, 0.15) is 11.6 Å². The van der Waals surface area contributed by atoms with Crippen molar-refractivity contribution in [1.29, 1.82) is 0 Å². The molecule has 1 amide bonds. The molecule has 1 atom stereocenters. The van der Waals surface area contributed by atoms with Crippen LogP contribution in [-0.2, 0) is 4.79 Å². The topological polar surface area (TPSA) is 79.9 Å². The summed E-state index contributed by atoms with van der Waals surface area (Å²) in [5.41, 5.74) is -0.295. The first-order valence-electron chi connectivity index (χ1n) is 5.74. The number of nitrogens with one attached hydrogen (secondary N) is 2. The molecular formula is C12H12F2N4O2. The first-order chi connectivity index (χ1) is 9.52. The molecule has 0 unspecified atom stereocenters. The summed E-state index contributed by atoms with van der Waals surface area (Å²) in [5, 5.41) is 8.42. The molecule has 2 N–H and O–H groups in total. The van der Waals surface area contributed by atoms with Crippen molar-refractivity contribution in [1.82, 2.24) is 15.2 Å². The molecule has 0 saturated heterocycles. The maximum absolute atomic E-state index is 13.6. The number of methoxy groups -OCH3 is 1. The van der Waals surface area contributed by atoms with Gasteiger partial charge in [-0.1, -0.05) is 6.07 Å². The molecule has 0 fully saturated rings. The molecule has 6 nitrogen and oxygen atoms in total. The number of aromatic amines is 1. The molecule has 0 saturated carbocycles. The van der Waals surface area contributed by atoms with Crippen LogP contribution in [0.5, 0.6) is 6.01 Å². The highest BCUT2D eigenvalue weighted by molar-refractivity contribution is 5.94. The van der Waals surface area contributed by atoms with Crippen molar-refractivity contribution in [2.24, 2.45) is 0 Å². The van der Waals surface area contributed by atoms with Crippen molar-refractivity contribution in [2.45, 2.75) is 12.8 Å². The Labute approximate surface area is 113 Å². The van der Waals surface area contributed by atoms with E-state index in [-0.39, 0.29) is 17.5 Å². The van der Waals surface area contributed by atoms with E-state index in [1.165, 1.54) is 20.1 Å². The zero-order chi connectivity index (χ0) is 14.7. The van der Waals surface area contributed by atoms with Crippen molar-refractivity contribution < 1.29 is 18.3 Å². The molecule has 0 aliphatic heterocycles. The lowest BCUT2D eigenvalue weighted by Gasteiger charge is -2.12. The van der Waals surface area contributed by atoms with Crippen LogP contribution in [0.1, 0.15) is 18.4 Å². The number of nitrogens with zero attached hydrogens (tertiary/aromatic N) is 2. The van der Waals surface area contributed by atoms with Gasteiger partial charge in [-0.05, 0) is 19.1 Å². The minimum absolute atomic E-state index is 0.0375. The summed E-state index contributed by atoms with van der Waals surface area (Å²) in [5.74, 6) is -3.15. The molecule has 1 aromatic carbocycles. The van der Waals surface area contributed by atoms with Crippen LogP contribution in [0, 0.1) is 11.6 Å². The Kier molecular flexibility index (Phi) is 3.92. The number of anilines is 1. The highest BCUT2D eigenvalue weighted by atomic mass is 19.1. The zero-order valence-electron chi connectivity index (χ0n) is 10.8. The Morgan fingerprint density at radius 3 is 2.60 bits per heavy atom. The summed E-state index contributed by atoms with van der Waals surface area (Å²) in [6, 6.07) is 3.48. The van der Waals surface area contributed by atoms with Crippen molar-refractivity contribution in [3.05, 3.63) is 35.4 Å². The molecule has 0 aliphatic carbocycles. The number of halogens is 2. The van der Waals surface area contributed by atoms with Crippen molar-refractivity contribution in [3.8, 4) is 6.01 Å². The van der Waals surface area contributed by atoms with Crippen LogP contribution in [0.3, 0.4) is 0 Å². The number of carbonyl (C=O) groups is 1. The van der Waals surface area contributed by atoms with E-state index < -0.39 is 23.5 Å². The smallest absolute Gasteiger partial charge is 0.336 e. The molecule has 0 aliphatic rings. The number of ether oxygens (including phenoxy) is 1. The van der Waals surface area contributed by atoms with Crippen LogP contribution < -0.4 is 10.1 Å². The third-order valence-electron chi connectivity index (χ3n) is 2.72. The fraction of sp³-hybridized carbons (Fsp3) is 0.250. The first-order valence-corrected chi connectivity index (χ1v) is 5.74. The highest BCUT2D eigenvalue weighted by Gasteiger charge is 2.23.